The van der Waals surface area contributed by atoms with E-state index in [2.05, 4.69) is 41.1 Å². The second-order valence-electron chi connectivity index (χ2n) is 19.2. The monoisotopic (exact) mass is 1020 g/mol. The minimum Gasteiger partial charge on any atom is -0.495 e. The highest BCUT2D eigenvalue weighted by atomic mass is 35.5. The molecule has 16 nitrogen and oxygen atoms in total. The third kappa shape index (κ3) is 11.7. The fourth-order valence-corrected chi connectivity index (χ4v) is 11.5. The quantitative estimate of drug-likeness (QED) is 0.0643. The maximum atomic E-state index is 15.1. The fraction of sp³-hybridized carbons (Fsp3) is 0.500. The lowest BCUT2D eigenvalue weighted by atomic mass is 9.71. The summed E-state index contributed by atoms with van der Waals surface area (Å²) in [5.74, 6) is 0.00722. The van der Waals surface area contributed by atoms with Crippen molar-refractivity contribution in [3.8, 4) is 16.2 Å². The van der Waals surface area contributed by atoms with Crippen LogP contribution in [0.2, 0.25) is 5.02 Å². The molecule has 20 heteroatoms. The van der Waals surface area contributed by atoms with Gasteiger partial charge in [-0.1, -0.05) is 35.9 Å². The maximum Gasteiger partial charge on any atom is 0.268 e. The molecule has 1 aliphatic carbocycles. The van der Waals surface area contributed by atoms with Crippen LogP contribution in [0.4, 0.5) is 21.8 Å². The van der Waals surface area contributed by atoms with E-state index in [0.717, 1.165) is 73.4 Å². The normalized spacial score (nSPS) is 19.0. The highest BCUT2D eigenvalue weighted by Crippen LogP contribution is 2.43. The lowest BCUT2D eigenvalue weighted by molar-refractivity contribution is -0.138. The molecule has 3 fully saturated rings. The van der Waals surface area contributed by atoms with Gasteiger partial charge in [0.15, 0.2) is 5.67 Å². The molecule has 5 N–H and O–H groups in total. The summed E-state index contributed by atoms with van der Waals surface area (Å²) in [6, 6.07) is 11.9. The van der Waals surface area contributed by atoms with Crippen LogP contribution < -0.4 is 26.0 Å². The van der Waals surface area contributed by atoms with Crippen molar-refractivity contribution in [3.63, 3.8) is 0 Å². The summed E-state index contributed by atoms with van der Waals surface area (Å²) in [6.07, 6.45) is 6.73. The van der Waals surface area contributed by atoms with Crippen LogP contribution in [0.5, 0.6) is 5.75 Å². The lowest BCUT2D eigenvalue weighted by Crippen LogP contribution is -2.59. The number of carbonyl (C=O) groups excluding carboxylic acids is 4. The Morgan fingerprint density at radius 1 is 1.03 bits per heavy atom. The van der Waals surface area contributed by atoms with E-state index in [1.54, 1.807) is 49.2 Å². The van der Waals surface area contributed by atoms with Crippen LogP contribution in [0.3, 0.4) is 0 Å². The molecule has 2 aromatic heterocycles. The Balaban J connectivity index is 0.807. The predicted octanol–water partition coefficient (Wildman–Crippen LogP) is 6.97. The van der Waals surface area contributed by atoms with Gasteiger partial charge in [-0.25, -0.2) is 14.4 Å². The van der Waals surface area contributed by atoms with E-state index in [0.29, 0.717) is 52.6 Å². The van der Waals surface area contributed by atoms with Crippen molar-refractivity contribution >= 4 is 75.8 Å². The molecule has 1 saturated carbocycles. The van der Waals surface area contributed by atoms with Gasteiger partial charge in [0.05, 0.1) is 47.7 Å². The molecule has 5 heterocycles. The van der Waals surface area contributed by atoms with Gasteiger partial charge < -0.3 is 45.8 Å². The van der Waals surface area contributed by atoms with E-state index >= 15 is 4.39 Å². The number of aromatic nitrogens is 3. The van der Waals surface area contributed by atoms with E-state index in [-0.39, 0.29) is 43.0 Å². The van der Waals surface area contributed by atoms with Crippen LogP contribution in [-0.4, -0.2) is 140 Å². The van der Waals surface area contributed by atoms with Gasteiger partial charge in [0, 0.05) is 37.0 Å². The zero-order valence-electron chi connectivity index (χ0n) is 40.3. The first-order valence-corrected chi connectivity index (χ1v) is 26.0. The summed E-state index contributed by atoms with van der Waals surface area (Å²) in [4.78, 5) is 74.6. The third-order valence-electron chi connectivity index (χ3n) is 14.0. The highest BCUT2D eigenvalue weighted by molar-refractivity contribution is 8.00. The van der Waals surface area contributed by atoms with Crippen molar-refractivity contribution in [2.75, 3.05) is 69.8 Å². The average Bonchev–Trinajstić information content (AvgIpc) is 3.77. The molecule has 1 spiro atoms. The first kappa shape index (κ1) is 51.0. The largest absolute Gasteiger partial charge is 0.495 e. The molecule has 3 aliphatic heterocycles. The van der Waals surface area contributed by atoms with Crippen molar-refractivity contribution < 1.29 is 33.4 Å². The molecular formula is C50H62ClFN10O6S2. The number of thioether (sulfide) groups is 1. The molecule has 2 aromatic carbocycles. The lowest BCUT2D eigenvalue weighted by Gasteiger charge is -2.47. The second kappa shape index (κ2) is 21.6. The number of carbonyl (C=O) groups is 4. The molecule has 2 saturated heterocycles. The van der Waals surface area contributed by atoms with Crippen LogP contribution in [-0.2, 0) is 20.9 Å². The molecule has 8 rings (SSSR count). The number of benzene rings is 2. The number of anilines is 3. The number of nitrogens with zero attached hydrogens (tertiary/aromatic N) is 6. The van der Waals surface area contributed by atoms with Crippen molar-refractivity contribution in [2.45, 2.75) is 94.8 Å². The number of hydrogen-bond acceptors (Lipinski definition) is 14. The summed E-state index contributed by atoms with van der Waals surface area (Å²) >= 11 is 9.22. The molecule has 2 atom stereocenters. The Hall–Kier alpha value is -5.34. The molecule has 70 heavy (non-hydrogen) atoms. The molecule has 0 bridgehead atoms. The highest BCUT2D eigenvalue weighted by Gasteiger charge is 2.53. The second-order valence-corrected chi connectivity index (χ2v) is 22.2. The number of piperidine rings is 2. The number of aliphatic hydroxyl groups excluding tert-OH is 1. The minimum atomic E-state index is -2.02. The summed E-state index contributed by atoms with van der Waals surface area (Å²) in [6.45, 7) is 9.81. The number of β-amino-alcohol motifs (C(OH)–C–C–N with tert-alkyl or cyclic N) is 1. The molecule has 4 amide bonds. The minimum absolute atomic E-state index is 0.00854. The van der Waals surface area contributed by atoms with Crippen molar-refractivity contribution in [2.24, 2.45) is 5.41 Å². The first-order valence-electron chi connectivity index (χ1n) is 23.8. The number of aliphatic hydroxyl groups is 1. The molecule has 0 radical (unpaired) electrons. The molecule has 374 valence electrons. The number of likely N-dealkylation sites (tertiary alicyclic amines) is 2. The standard InChI is InChI=1S/C50H62ClFN10O6S2/c1-31-40(69-30-56-31)33-9-7-32(8-10-33)27-54-43(64)38-26-35(63)29-62(38)45(66)41(58-46(67)50(52)13-14-50)48(2,3)70-24-6-19-60-20-15-49(16-21-60)17-22-61(23-18-49)44(65)34-11-12-37(39(25-34)68-5)57-47-55-28-36(51)42(53-4)59-47/h7-12,25-26,28,30,35,41,63H,6,13-24,27,29H2,1-5H3,(H,54,64)(H,58,67)(H2,53,55,57,59)/t35-,41-/m1/s1. The van der Waals surface area contributed by atoms with Gasteiger partial charge >= 0.3 is 0 Å². The summed E-state index contributed by atoms with van der Waals surface area (Å²) in [7, 11) is 3.28. The third-order valence-corrected chi connectivity index (χ3v) is 16.8. The number of halogens is 2. The Kier molecular flexibility index (Phi) is 15.7. The van der Waals surface area contributed by atoms with E-state index in [1.807, 2.05) is 49.9 Å². The molecule has 4 aromatic rings. The van der Waals surface area contributed by atoms with Crippen LogP contribution in [0, 0.1) is 12.3 Å². The van der Waals surface area contributed by atoms with Gasteiger partial charge in [-0.2, -0.15) is 16.7 Å². The Morgan fingerprint density at radius 3 is 2.40 bits per heavy atom. The van der Waals surface area contributed by atoms with Crippen LogP contribution in [0.1, 0.15) is 80.4 Å². The molecular weight excluding hydrogens is 955 g/mol. The predicted molar refractivity (Wildman–Crippen MR) is 272 cm³/mol. The van der Waals surface area contributed by atoms with Gasteiger partial charge in [0.2, 0.25) is 5.95 Å². The Morgan fingerprint density at radius 2 is 1.74 bits per heavy atom. The van der Waals surface area contributed by atoms with E-state index in [9.17, 15) is 24.3 Å². The molecule has 0 unspecified atom stereocenters. The summed E-state index contributed by atoms with van der Waals surface area (Å²) in [5.41, 5.74) is 3.95. The number of hydrogen-bond donors (Lipinski definition) is 5. The van der Waals surface area contributed by atoms with Gasteiger partial charge in [-0.15, -0.1) is 11.3 Å². The zero-order valence-corrected chi connectivity index (χ0v) is 42.7. The summed E-state index contributed by atoms with van der Waals surface area (Å²) < 4.78 is 19.9. The van der Waals surface area contributed by atoms with E-state index in [4.69, 9.17) is 16.3 Å². The Labute approximate surface area is 421 Å². The van der Waals surface area contributed by atoms with Crippen molar-refractivity contribution in [1.82, 2.24) is 40.3 Å². The van der Waals surface area contributed by atoms with Crippen LogP contribution >= 0.6 is 34.7 Å². The maximum absolute atomic E-state index is 15.1. The van der Waals surface area contributed by atoms with Crippen LogP contribution in [0.15, 0.2) is 65.9 Å². The smallest absolute Gasteiger partial charge is 0.268 e. The average molecular weight is 1020 g/mol. The van der Waals surface area contributed by atoms with Crippen molar-refractivity contribution in [3.05, 3.63) is 87.8 Å². The number of methoxy groups -OCH3 is 1. The van der Waals surface area contributed by atoms with Gasteiger partial charge in [0.1, 0.15) is 28.3 Å². The number of ether oxygens (including phenoxy) is 1. The number of rotatable bonds is 18. The van der Waals surface area contributed by atoms with Crippen LogP contribution in [0.25, 0.3) is 10.4 Å². The number of amides is 4. The van der Waals surface area contributed by atoms with Crippen molar-refractivity contribution in [1.29, 1.82) is 0 Å². The number of thiazole rings is 1. The molecule has 4 aliphatic rings. The van der Waals surface area contributed by atoms with Gasteiger partial charge in [0.25, 0.3) is 23.6 Å². The summed E-state index contributed by atoms with van der Waals surface area (Å²) in [5, 5.41) is 22.8. The van der Waals surface area contributed by atoms with Gasteiger partial charge in [-0.05, 0) is 132 Å². The van der Waals surface area contributed by atoms with E-state index < -0.39 is 40.3 Å². The SMILES string of the molecule is CNc1nc(Nc2ccc(C(=O)N3CCC4(CCN(CCCSC(C)(C)[C@H](NC(=O)C5(F)CC5)C(=O)N5C[C@H](O)C=C5C(=O)NCc5ccc(-c6scnc6C)cc5)CC4)CC3)cc2OC)ncc1Cl. The fourth-order valence-electron chi connectivity index (χ4n) is 9.40. The van der Waals surface area contributed by atoms with Gasteiger partial charge in [-0.3, -0.25) is 19.2 Å². The number of alkyl halides is 1. The topological polar surface area (TPSA) is 194 Å². The first-order chi connectivity index (χ1) is 33.5. The number of aryl methyl sites for hydroxylation is 1. The number of nitrogens with one attached hydrogen (secondary N) is 4. The zero-order chi connectivity index (χ0) is 49.8. The Bertz CT molecular complexity index is 2590. The van der Waals surface area contributed by atoms with E-state index in [1.165, 1.54) is 28.9 Å².